The lowest BCUT2D eigenvalue weighted by Crippen LogP contribution is -2.14. The molecule has 1 aliphatic rings. The lowest BCUT2D eigenvalue weighted by atomic mass is 9.86. The van der Waals surface area contributed by atoms with E-state index in [9.17, 15) is 10.5 Å². The molecule has 0 radical (unpaired) electrons. The molecule has 0 bridgehead atoms. The van der Waals surface area contributed by atoms with Crippen LogP contribution in [0.1, 0.15) is 57.5 Å². The Hall–Kier alpha value is -5.42. The molecule has 0 unspecified atom stereocenters. The Balaban J connectivity index is 1.36. The van der Waals surface area contributed by atoms with Crippen LogP contribution in [-0.2, 0) is 10.8 Å². The van der Waals surface area contributed by atoms with Gasteiger partial charge in [0, 0.05) is 26.5 Å². The summed E-state index contributed by atoms with van der Waals surface area (Å²) in [5.41, 5.74) is 12.3. The largest absolute Gasteiger partial charge is 0.310 e. The Morgan fingerprint density at radius 1 is 0.625 bits per heavy atom. The van der Waals surface area contributed by atoms with Crippen molar-refractivity contribution in [3.63, 3.8) is 0 Å². The second-order valence-electron chi connectivity index (χ2n) is 14.5. The van der Waals surface area contributed by atoms with Crippen LogP contribution in [0, 0.1) is 22.7 Å². The lowest BCUT2D eigenvalue weighted by molar-refractivity contribution is 0.590. The van der Waals surface area contributed by atoms with E-state index in [2.05, 4.69) is 150 Å². The molecule has 0 saturated carbocycles. The van der Waals surface area contributed by atoms with Crippen molar-refractivity contribution in [2.24, 2.45) is 0 Å². The molecule has 0 fully saturated rings. The number of anilines is 3. The van der Waals surface area contributed by atoms with Gasteiger partial charge >= 0.3 is 0 Å². The van der Waals surface area contributed by atoms with E-state index in [4.69, 9.17) is 0 Å². The van der Waals surface area contributed by atoms with E-state index in [1.807, 2.05) is 18.2 Å². The van der Waals surface area contributed by atoms with Crippen LogP contribution in [0.4, 0.5) is 17.1 Å². The summed E-state index contributed by atoms with van der Waals surface area (Å²) in [5.74, 6) is 0. The van der Waals surface area contributed by atoms with Gasteiger partial charge in [0.25, 0.3) is 0 Å². The number of rotatable bonds is 5. The SMILES string of the molecule is CC(C)(C)c1ccc(N(c2ccc(C(C)(C)C)cc2)c2ccc3c4c(cccc24)-c2ccc(-c4ccc(C=C(C#N)C#N)s4)cc2-3)cc1. The zero-order chi connectivity index (χ0) is 33.8. The Kier molecular flexibility index (Phi) is 7.59. The fourth-order valence-electron chi connectivity index (χ4n) is 6.66. The number of thiophene rings is 1. The van der Waals surface area contributed by atoms with Crippen LogP contribution in [0.3, 0.4) is 0 Å². The topological polar surface area (TPSA) is 50.8 Å². The van der Waals surface area contributed by atoms with Crippen molar-refractivity contribution in [1.82, 2.24) is 0 Å². The molecule has 1 aliphatic carbocycles. The summed E-state index contributed by atoms with van der Waals surface area (Å²) in [6.45, 7) is 13.5. The second-order valence-corrected chi connectivity index (χ2v) is 15.6. The number of nitriles is 2. The van der Waals surface area contributed by atoms with E-state index < -0.39 is 0 Å². The molecule has 6 aromatic rings. The van der Waals surface area contributed by atoms with Gasteiger partial charge in [-0.05, 0) is 110 Å². The maximum Gasteiger partial charge on any atom is 0.131 e. The highest BCUT2D eigenvalue weighted by Crippen LogP contribution is 2.52. The maximum absolute atomic E-state index is 9.20. The third-order valence-corrected chi connectivity index (χ3v) is 10.4. The van der Waals surface area contributed by atoms with Gasteiger partial charge in [-0.1, -0.05) is 102 Å². The maximum atomic E-state index is 9.20. The van der Waals surface area contributed by atoms with Gasteiger partial charge in [0.05, 0.1) is 5.69 Å². The van der Waals surface area contributed by atoms with Crippen LogP contribution in [0.2, 0.25) is 0 Å². The first-order valence-electron chi connectivity index (χ1n) is 16.3. The summed E-state index contributed by atoms with van der Waals surface area (Å²) in [6.07, 6.45) is 1.65. The Bertz CT molecular complexity index is 2240. The lowest BCUT2D eigenvalue weighted by Gasteiger charge is -2.29. The van der Waals surface area contributed by atoms with E-state index in [0.29, 0.717) is 0 Å². The van der Waals surface area contributed by atoms with E-state index >= 15 is 0 Å². The number of fused-ring (bicyclic) bond motifs is 3. The molecule has 5 aromatic carbocycles. The Morgan fingerprint density at radius 2 is 1.21 bits per heavy atom. The third-order valence-electron chi connectivity index (χ3n) is 9.28. The van der Waals surface area contributed by atoms with Gasteiger partial charge in [-0.3, -0.25) is 0 Å². The number of hydrogen-bond acceptors (Lipinski definition) is 4. The van der Waals surface area contributed by atoms with Crippen molar-refractivity contribution >= 4 is 45.2 Å². The average Bonchev–Trinajstić information content (AvgIpc) is 3.67. The van der Waals surface area contributed by atoms with E-state index in [0.717, 1.165) is 32.4 Å². The van der Waals surface area contributed by atoms with E-state index in [1.165, 1.54) is 44.2 Å². The third kappa shape index (κ3) is 5.49. The molecule has 0 aliphatic heterocycles. The zero-order valence-corrected chi connectivity index (χ0v) is 29.0. The van der Waals surface area contributed by atoms with Crippen molar-refractivity contribution in [2.75, 3.05) is 4.90 Å². The van der Waals surface area contributed by atoms with Crippen LogP contribution in [0.25, 0.3) is 49.5 Å². The fourth-order valence-corrected chi connectivity index (χ4v) is 7.60. The summed E-state index contributed by atoms with van der Waals surface area (Å²) < 4.78 is 0. The summed E-state index contributed by atoms with van der Waals surface area (Å²) in [5, 5.41) is 20.9. The normalized spacial score (nSPS) is 11.9. The number of nitrogens with zero attached hydrogens (tertiary/aromatic N) is 3. The molecule has 3 nitrogen and oxygen atoms in total. The minimum Gasteiger partial charge on any atom is -0.310 e. The van der Waals surface area contributed by atoms with Crippen molar-refractivity contribution < 1.29 is 0 Å². The van der Waals surface area contributed by atoms with Gasteiger partial charge in [0.15, 0.2) is 0 Å². The molecule has 48 heavy (non-hydrogen) atoms. The molecule has 0 amide bonds. The fraction of sp³-hybridized carbons (Fsp3) is 0.182. The summed E-state index contributed by atoms with van der Waals surface area (Å²) in [7, 11) is 0. The molecule has 234 valence electrons. The molecule has 0 atom stereocenters. The van der Waals surface area contributed by atoms with E-state index in [-0.39, 0.29) is 16.4 Å². The van der Waals surface area contributed by atoms with E-state index in [1.54, 1.807) is 17.4 Å². The minimum atomic E-state index is 0.0714. The highest BCUT2D eigenvalue weighted by atomic mass is 32.1. The van der Waals surface area contributed by atoms with Crippen molar-refractivity contribution in [1.29, 1.82) is 10.5 Å². The molecule has 0 saturated heterocycles. The van der Waals surface area contributed by atoms with Gasteiger partial charge in [0.1, 0.15) is 17.7 Å². The Labute approximate surface area is 287 Å². The molecule has 0 N–H and O–H groups in total. The molecule has 1 aromatic heterocycles. The summed E-state index contributed by atoms with van der Waals surface area (Å²) >= 11 is 1.59. The first-order valence-corrected chi connectivity index (χ1v) is 17.1. The van der Waals surface area contributed by atoms with Crippen LogP contribution in [-0.4, -0.2) is 0 Å². The second kappa shape index (κ2) is 11.7. The van der Waals surface area contributed by atoms with Crippen molar-refractivity contribution in [2.45, 2.75) is 52.4 Å². The van der Waals surface area contributed by atoms with Gasteiger partial charge in [-0.25, -0.2) is 0 Å². The molecule has 1 heterocycles. The van der Waals surface area contributed by atoms with Crippen LogP contribution >= 0.6 is 11.3 Å². The molecule has 0 spiro atoms. The van der Waals surface area contributed by atoms with Crippen molar-refractivity contribution in [3.05, 3.63) is 131 Å². The molecular formula is C44H37N3S. The first kappa shape index (κ1) is 31.2. The van der Waals surface area contributed by atoms with Crippen LogP contribution in [0.15, 0.2) is 115 Å². The first-order chi connectivity index (χ1) is 23.0. The highest BCUT2D eigenvalue weighted by molar-refractivity contribution is 7.16. The predicted octanol–water partition coefficient (Wildman–Crippen LogP) is 12.7. The Morgan fingerprint density at radius 3 is 1.79 bits per heavy atom. The van der Waals surface area contributed by atoms with Crippen LogP contribution < -0.4 is 4.90 Å². The average molecular weight is 640 g/mol. The number of hydrogen-bond donors (Lipinski definition) is 0. The van der Waals surface area contributed by atoms with Crippen LogP contribution in [0.5, 0.6) is 0 Å². The number of allylic oxidation sites excluding steroid dienone is 1. The molecule has 7 rings (SSSR count). The van der Waals surface area contributed by atoms with Gasteiger partial charge in [-0.15, -0.1) is 11.3 Å². The quantitative estimate of drug-likeness (QED) is 0.176. The smallest absolute Gasteiger partial charge is 0.131 e. The number of benzene rings is 5. The highest BCUT2D eigenvalue weighted by Gasteiger charge is 2.26. The van der Waals surface area contributed by atoms with Gasteiger partial charge < -0.3 is 4.90 Å². The predicted molar refractivity (Wildman–Crippen MR) is 203 cm³/mol. The molecular weight excluding hydrogens is 603 g/mol. The minimum absolute atomic E-state index is 0.0714. The summed E-state index contributed by atoms with van der Waals surface area (Å²) in [4.78, 5) is 4.39. The monoisotopic (exact) mass is 639 g/mol. The zero-order valence-electron chi connectivity index (χ0n) is 28.2. The molecule has 4 heteroatoms. The van der Waals surface area contributed by atoms with Gasteiger partial charge in [0.2, 0.25) is 0 Å². The van der Waals surface area contributed by atoms with Crippen molar-refractivity contribution in [3.8, 4) is 44.8 Å². The summed E-state index contributed by atoms with van der Waals surface area (Å²) in [6, 6.07) is 43.9. The van der Waals surface area contributed by atoms with Gasteiger partial charge in [-0.2, -0.15) is 10.5 Å². The standard InChI is InChI=1S/C44H37N3S/c1-43(2,3)30-11-15-32(16-12-30)47(33-17-13-31(14-18-33)44(4,5)6)40-22-21-37-39-25-29(41-23-19-34(48-41)24-28(26-45)27-46)10-20-35(39)36-8-7-9-38(40)42(36)37/h7-25H,1-6H3.